The molecule has 3 aromatic rings. The van der Waals surface area contributed by atoms with Gasteiger partial charge in [0, 0.05) is 17.4 Å². The van der Waals surface area contributed by atoms with Crippen LogP contribution in [0, 0.1) is 5.82 Å². The average molecular weight is 424 g/mol. The summed E-state index contributed by atoms with van der Waals surface area (Å²) < 4.78 is 14.5. The van der Waals surface area contributed by atoms with Crippen LogP contribution in [-0.2, 0) is 11.2 Å². The number of aromatic nitrogens is 1. The monoisotopic (exact) mass is 423 g/mol. The van der Waals surface area contributed by atoms with Gasteiger partial charge >= 0.3 is 0 Å². The molecule has 2 N–H and O–H groups in total. The zero-order valence-corrected chi connectivity index (χ0v) is 16.7. The van der Waals surface area contributed by atoms with Gasteiger partial charge in [-0.2, -0.15) is 0 Å². The van der Waals surface area contributed by atoms with Gasteiger partial charge in [-0.1, -0.05) is 41.9 Å². The molecule has 152 valence electrons. The van der Waals surface area contributed by atoms with E-state index in [-0.39, 0.29) is 5.02 Å². The van der Waals surface area contributed by atoms with Crippen molar-refractivity contribution in [2.75, 3.05) is 0 Å². The number of hydrogen-bond acceptors (Lipinski definition) is 3. The number of hydrogen-bond donors (Lipinski definition) is 1. The van der Waals surface area contributed by atoms with Crippen molar-refractivity contribution in [3.05, 3.63) is 100 Å². The van der Waals surface area contributed by atoms with Crippen molar-refractivity contribution < 1.29 is 14.0 Å². The predicted molar refractivity (Wildman–Crippen MR) is 111 cm³/mol. The molecule has 0 spiro atoms. The van der Waals surface area contributed by atoms with Gasteiger partial charge in [0.25, 0.3) is 5.91 Å². The maximum atomic E-state index is 14.5. The van der Waals surface area contributed by atoms with E-state index in [4.69, 9.17) is 17.3 Å². The van der Waals surface area contributed by atoms with Crippen LogP contribution in [0.1, 0.15) is 45.6 Å². The Morgan fingerprint density at radius 3 is 2.60 bits per heavy atom. The quantitative estimate of drug-likeness (QED) is 0.667. The zero-order valence-electron chi connectivity index (χ0n) is 16.0. The van der Waals surface area contributed by atoms with Gasteiger partial charge in [0.1, 0.15) is 11.9 Å². The fraction of sp³-hybridized carbons (Fsp3) is 0.174. The maximum Gasteiger partial charge on any atom is 0.256 e. The molecule has 0 bridgehead atoms. The highest BCUT2D eigenvalue weighted by molar-refractivity contribution is 6.30. The summed E-state index contributed by atoms with van der Waals surface area (Å²) in [6, 6.07) is 13.5. The number of fused-ring (bicyclic) bond motifs is 1. The Balaban J connectivity index is 1.88. The second kappa shape index (κ2) is 8.24. The number of carbonyl (C=O) groups excluding carboxylic acids is 2. The Bertz CT molecular complexity index is 1090. The van der Waals surface area contributed by atoms with E-state index in [0.29, 0.717) is 35.1 Å². The normalized spacial score (nSPS) is 16.0. The molecule has 1 heterocycles. The van der Waals surface area contributed by atoms with Gasteiger partial charge in [-0.15, -0.1) is 0 Å². The Morgan fingerprint density at radius 2 is 1.93 bits per heavy atom. The molecule has 2 amide bonds. The van der Waals surface area contributed by atoms with Crippen LogP contribution >= 0.6 is 11.6 Å². The first-order valence-electron chi connectivity index (χ1n) is 9.52. The lowest BCUT2D eigenvalue weighted by atomic mass is 9.98. The molecule has 0 fully saturated rings. The smallest absolute Gasteiger partial charge is 0.256 e. The molecule has 1 aliphatic rings. The zero-order chi connectivity index (χ0) is 21.3. The van der Waals surface area contributed by atoms with Crippen LogP contribution in [0.25, 0.3) is 0 Å². The van der Waals surface area contributed by atoms with Crippen molar-refractivity contribution in [2.45, 2.75) is 24.9 Å². The lowest BCUT2D eigenvalue weighted by molar-refractivity contribution is -0.123. The third kappa shape index (κ3) is 3.66. The van der Waals surface area contributed by atoms with Gasteiger partial charge in [-0.3, -0.25) is 14.6 Å². The topological polar surface area (TPSA) is 76.3 Å². The predicted octanol–water partition coefficient (Wildman–Crippen LogP) is 4.23. The van der Waals surface area contributed by atoms with Crippen molar-refractivity contribution in [3.8, 4) is 0 Å². The highest BCUT2D eigenvalue weighted by atomic mass is 35.5. The first-order chi connectivity index (χ1) is 14.5. The Morgan fingerprint density at radius 1 is 1.17 bits per heavy atom. The fourth-order valence-electron chi connectivity index (χ4n) is 4.08. The lowest BCUT2D eigenvalue weighted by Crippen LogP contribution is -2.43. The number of nitrogens with zero attached hydrogens (tertiary/aromatic N) is 2. The molecule has 5 nitrogen and oxygen atoms in total. The standard InChI is InChI=1S/C23H19ClFN3O2/c24-16-11-18-17(19(25)12-16)8-9-20(18)28(23(30)15-7-4-10-27-13-15)21(22(26)29)14-5-2-1-3-6-14/h1-7,10-13,20-21H,8-9H2,(H2,26,29)/t20-,21-/m1/s1. The number of rotatable bonds is 5. The Kier molecular flexibility index (Phi) is 5.50. The largest absolute Gasteiger partial charge is 0.368 e. The number of primary amides is 1. The minimum atomic E-state index is -1.03. The molecular weight excluding hydrogens is 405 g/mol. The van der Waals surface area contributed by atoms with Crippen LogP contribution < -0.4 is 5.73 Å². The molecule has 0 unspecified atom stereocenters. The lowest BCUT2D eigenvalue weighted by Gasteiger charge is -2.35. The third-order valence-corrected chi connectivity index (χ3v) is 5.58. The van der Waals surface area contributed by atoms with E-state index in [9.17, 15) is 14.0 Å². The molecule has 1 aromatic heterocycles. The van der Waals surface area contributed by atoms with Crippen LogP contribution in [0.15, 0.2) is 67.0 Å². The second-order valence-corrected chi connectivity index (χ2v) is 7.62. The van der Waals surface area contributed by atoms with Gasteiger partial charge in [-0.25, -0.2) is 4.39 Å². The molecule has 0 aliphatic heterocycles. The summed E-state index contributed by atoms with van der Waals surface area (Å²) in [7, 11) is 0. The molecule has 0 radical (unpaired) electrons. The van der Waals surface area contributed by atoms with Gasteiger partial charge in [0.2, 0.25) is 5.91 Å². The SMILES string of the molecule is NC(=O)[C@@H](c1ccccc1)N(C(=O)c1cccnc1)[C@@H]1CCc2c(F)cc(Cl)cc21. The molecule has 30 heavy (non-hydrogen) atoms. The summed E-state index contributed by atoms with van der Waals surface area (Å²) in [6.07, 6.45) is 3.88. The van der Waals surface area contributed by atoms with E-state index in [2.05, 4.69) is 4.98 Å². The minimum absolute atomic E-state index is 0.238. The number of amides is 2. The van der Waals surface area contributed by atoms with Crippen LogP contribution in [0.3, 0.4) is 0 Å². The molecule has 0 saturated heterocycles. The number of halogens is 2. The molecule has 0 saturated carbocycles. The Hall–Kier alpha value is -3.25. The van der Waals surface area contributed by atoms with Gasteiger partial charge in [0.05, 0.1) is 11.6 Å². The van der Waals surface area contributed by atoms with E-state index < -0.39 is 29.7 Å². The van der Waals surface area contributed by atoms with Crippen molar-refractivity contribution in [1.29, 1.82) is 0 Å². The van der Waals surface area contributed by atoms with E-state index in [1.807, 2.05) is 6.07 Å². The Labute approximate surface area is 178 Å². The summed E-state index contributed by atoms with van der Waals surface area (Å²) in [4.78, 5) is 31.6. The first kappa shape index (κ1) is 20.0. The summed E-state index contributed by atoms with van der Waals surface area (Å²) in [5, 5.41) is 0.238. The maximum absolute atomic E-state index is 14.5. The van der Waals surface area contributed by atoms with E-state index >= 15 is 0 Å². The third-order valence-electron chi connectivity index (χ3n) is 5.36. The summed E-state index contributed by atoms with van der Waals surface area (Å²) in [5.74, 6) is -1.49. The van der Waals surface area contributed by atoms with Crippen molar-refractivity contribution in [1.82, 2.24) is 9.88 Å². The molecule has 2 atom stereocenters. The number of carbonyl (C=O) groups is 2. The van der Waals surface area contributed by atoms with Gasteiger partial charge in [0.15, 0.2) is 0 Å². The average Bonchev–Trinajstić information content (AvgIpc) is 3.16. The van der Waals surface area contributed by atoms with Crippen LogP contribution in [0.4, 0.5) is 4.39 Å². The summed E-state index contributed by atoms with van der Waals surface area (Å²) in [5.41, 5.74) is 7.78. The van der Waals surface area contributed by atoms with Crippen LogP contribution in [0.2, 0.25) is 5.02 Å². The molecule has 7 heteroatoms. The minimum Gasteiger partial charge on any atom is -0.368 e. The van der Waals surface area contributed by atoms with E-state index in [0.717, 1.165) is 0 Å². The summed E-state index contributed by atoms with van der Waals surface area (Å²) in [6.45, 7) is 0. The molecule has 1 aliphatic carbocycles. The van der Waals surface area contributed by atoms with Gasteiger partial charge in [-0.05, 0) is 53.8 Å². The van der Waals surface area contributed by atoms with E-state index in [1.165, 1.54) is 17.2 Å². The summed E-state index contributed by atoms with van der Waals surface area (Å²) >= 11 is 6.11. The van der Waals surface area contributed by atoms with E-state index in [1.54, 1.807) is 48.7 Å². The van der Waals surface area contributed by atoms with Gasteiger partial charge < -0.3 is 10.6 Å². The second-order valence-electron chi connectivity index (χ2n) is 7.18. The fourth-order valence-corrected chi connectivity index (χ4v) is 4.30. The van der Waals surface area contributed by atoms with Crippen molar-refractivity contribution in [3.63, 3.8) is 0 Å². The van der Waals surface area contributed by atoms with Crippen LogP contribution in [0.5, 0.6) is 0 Å². The number of pyridine rings is 1. The highest BCUT2D eigenvalue weighted by Gasteiger charge is 2.40. The van der Waals surface area contributed by atoms with Crippen molar-refractivity contribution in [2.24, 2.45) is 5.73 Å². The molecular formula is C23H19ClFN3O2. The number of benzene rings is 2. The van der Waals surface area contributed by atoms with Crippen molar-refractivity contribution >= 4 is 23.4 Å². The first-order valence-corrected chi connectivity index (χ1v) is 9.90. The number of nitrogens with two attached hydrogens (primary N) is 1. The highest BCUT2D eigenvalue weighted by Crippen LogP contribution is 2.43. The molecule has 4 rings (SSSR count). The van der Waals surface area contributed by atoms with Crippen LogP contribution in [-0.4, -0.2) is 21.7 Å². The molecule has 2 aromatic carbocycles.